The van der Waals surface area contributed by atoms with Gasteiger partial charge in [0.15, 0.2) is 0 Å². The average molecular weight is 214 g/mol. The van der Waals surface area contributed by atoms with Gasteiger partial charge in [0.2, 0.25) is 5.91 Å². The molecule has 5 heteroatoms. The van der Waals surface area contributed by atoms with Gasteiger partial charge in [-0.05, 0) is 14.1 Å². The summed E-state index contributed by atoms with van der Waals surface area (Å²) in [5.41, 5.74) is 0. The van der Waals surface area contributed by atoms with Crippen LogP contribution in [-0.2, 0) is 4.79 Å². The van der Waals surface area contributed by atoms with E-state index in [0.29, 0.717) is 6.67 Å². The quantitative estimate of drug-likeness (QED) is 0.666. The standard InChI is InChI=1S/C10H22N4O/c1-10(15)11-8-13-4-6-14(7-5-13)9-12(2)3/h4-9H2,1-3H3,(H,11,15). The van der Waals surface area contributed by atoms with Gasteiger partial charge in [0, 0.05) is 33.1 Å². The van der Waals surface area contributed by atoms with Crippen molar-refractivity contribution in [3.05, 3.63) is 0 Å². The normalized spacial score (nSPS) is 19.5. The van der Waals surface area contributed by atoms with Gasteiger partial charge in [0.1, 0.15) is 0 Å². The van der Waals surface area contributed by atoms with Gasteiger partial charge in [-0.25, -0.2) is 0 Å². The Labute approximate surface area is 92.0 Å². The molecule has 0 aliphatic carbocycles. The fourth-order valence-corrected chi connectivity index (χ4v) is 1.71. The molecule has 1 aliphatic heterocycles. The maximum Gasteiger partial charge on any atom is 0.217 e. The maximum atomic E-state index is 10.7. The summed E-state index contributed by atoms with van der Waals surface area (Å²) in [6.07, 6.45) is 0. The molecule has 1 fully saturated rings. The fraction of sp³-hybridized carbons (Fsp3) is 0.900. The molecule has 0 spiro atoms. The van der Waals surface area contributed by atoms with Crippen LogP contribution >= 0.6 is 0 Å². The average Bonchev–Trinajstić information content (AvgIpc) is 2.16. The second-order valence-electron chi connectivity index (χ2n) is 4.35. The van der Waals surface area contributed by atoms with E-state index in [9.17, 15) is 4.79 Å². The molecule has 15 heavy (non-hydrogen) atoms. The first-order valence-corrected chi connectivity index (χ1v) is 5.42. The Morgan fingerprint density at radius 1 is 1.20 bits per heavy atom. The van der Waals surface area contributed by atoms with E-state index < -0.39 is 0 Å². The number of carbonyl (C=O) groups is 1. The Morgan fingerprint density at radius 3 is 2.20 bits per heavy atom. The largest absolute Gasteiger partial charge is 0.344 e. The number of hydrogen-bond donors (Lipinski definition) is 1. The number of carbonyl (C=O) groups excluding carboxylic acids is 1. The molecular formula is C10H22N4O. The highest BCUT2D eigenvalue weighted by molar-refractivity contribution is 5.72. The van der Waals surface area contributed by atoms with E-state index >= 15 is 0 Å². The molecule has 0 aromatic rings. The minimum absolute atomic E-state index is 0.0470. The summed E-state index contributed by atoms with van der Waals surface area (Å²) in [5.74, 6) is 0.0470. The predicted molar refractivity (Wildman–Crippen MR) is 60.4 cm³/mol. The Bertz CT molecular complexity index is 200. The molecule has 0 unspecified atom stereocenters. The van der Waals surface area contributed by atoms with Gasteiger partial charge in [-0.1, -0.05) is 0 Å². The van der Waals surface area contributed by atoms with Crippen molar-refractivity contribution in [2.24, 2.45) is 0 Å². The first-order valence-electron chi connectivity index (χ1n) is 5.42. The number of hydrogen-bond acceptors (Lipinski definition) is 4. The number of nitrogens with zero attached hydrogens (tertiary/aromatic N) is 3. The van der Waals surface area contributed by atoms with Gasteiger partial charge in [-0.15, -0.1) is 0 Å². The van der Waals surface area contributed by atoms with Crippen molar-refractivity contribution in [3.63, 3.8) is 0 Å². The Hall–Kier alpha value is -0.650. The summed E-state index contributed by atoms with van der Waals surface area (Å²) in [5, 5.41) is 2.83. The summed E-state index contributed by atoms with van der Waals surface area (Å²) < 4.78 is 0. The van der Waals surface area contributed by atoms with Gasteiger partial charge in [0.05, 0.1) is 13.3 Å². The lowest BCUT2D eigenvalue weighted by Gasteiger charge is -2.35. The molecular weight excluding hydrogens is 192 g/mol. The zero-order valence-corrected chi connectivity index (χ0v) is 9.99. The molecule has 1 N–H and O–H groups in total. The minimum atomic E-state index is 0.0470. The van der Waals surface area contributed by atoms with Crippen molar-refractivity contribution in [3.8, 4) is 0 Å². The van der Waals surface area contributed by atoms with Crippen molar-refractivity contribution in [1.82, 2.24) is 20.0 Å². The summed E-state index contributed by atoms with van der Waals surface area (Å²) in [7, 11) is 4.17. The topological polar surface area (TPSA) is 38.8 Å². The fourth-order valence-electron chi connectivity index (χ4n) is 1.71. The van der Waals surface area contributed by atoms with Crippen molar-refractivity contribution in [1.29, 1.82) is 0 Å². The van der Waals surface area contributed by atoms with Crippen LogP contribution in [-0.4, -0.2) is 74.2 Å². The molecule has 0 aromatic heterocycles. The highest BCUT2D eigenvalue weighted by Crippen LogP contribution is 2.00. The minimum Gasteiger partial charge on any atom is -0.344 e. The van der Waals surface area contributed by atoms with Crippen molar-refractivity contribution in [2.45, 2.75) is 6.92 Å². The molecule has 1 rings (SSSR count). The van der Waals surface area contributed by atoms with Crippen LogP contribution in [0, 0.1) is 0 Å². The van der Waals surface area contributed by atoms with Gasteiger partial charge in [-0.2, -0.15) is 0 Å². The summed E-state index contributed by atoms with van der Waals surface area (Å²) in [6.45, 7) is 7.50. The number of nitrogens with one attached hydrogen (secondary N) is 1. The van der Waals surface area contributed by atoms with Crippen molar-refractivity contribution in [2.75, 3.05) is 53.6 Å². The van der Waals surface area contributed by atoms with Crippen LogP contribution in [0.3, 0.4) is 0 Å². The van der Waals surface area contributed by atoms with Gasteiger partial charge < -0.3 is 5.32 Å². The van der Waals surface area contributed by atoms with Gasteiger partial charge >= 0.3 is 0 Å². The smallest absolute Gasteiger partial charge is 0.217 e. The van der Waals surface area contributed by atoms with Crippen LogP contribution in [0.25, 0.3) is 0 Å². The lowest BCUT2D eigenvalue weighted by atomic mass is 10.3. The first-order chi connectivity index (χ1) is 7.08. The lowest BCUT2D eigenvalue weighted by Crippen LogP contribution is -2.51. The zero-order chi connectivity index (χ0) is 11.3. The van der Waals surface area contributed by atoms with E-state index in [1.807, 2.05) is 0 Å². The SMILES string of the molecule is CC(=O)NCN1CCN(CN(C)C)CC1. The highest BCUT2D eigenvalue weighted by atomic mass is 16.1. The predicted octanol–water partition coefficient (Wildman–Crippen LogP) is -0.783. The van der Waals surface area contributed by atoms with Crippen LogP contribution in [0.5, 0.6) is 0 Å². The molecule has 0 bridgehead atoms. The molecule has 1 saturated heterocycles. The molecule has 0 saturated carbocycles. The number of amides is 1. The van der Waals surface area contributed by atoms with E-state index in [1.54, 1.807) is 6.92 Å². The van der Waals surface area contributed by atoms with E-state index in [4.69, 9.17) is 0 Å². The van der Waals surface area contributed by atoms with E-state index in [1.165, 1.54) is 0 Å². The van der Waals surface area contributed by atoms with Crippen molar-refractivity contribution < 1.29 is 4.79 Å². The number of rotatable bonds is 4. The van der Waals surface area contributed by atoms with E-state index in [0.717, 1.165) is 32.8 Å². The third kappa shape index (κ3) is 5.11. The Morgan fingerprint density at radius 2 is 1.73 bits per heavy atom. The third-order valence-corrected chi connectivity index (χ3v) is 2.50. The monoisotopic (exact) mass is 214 g/mol. The lowest BCUT2D eigenvalue weighted by molar-refractivity contribution is -0.119. The summed E-state index contributed by atoms with van der Waals surface area (Å²) in [6, 6.07) is 0. The molecule has 5 nitrogen and oxygen atoms in total. The molecule has 0 atom stereocenters. The third-order valence-electron chi connectivity index (χ3n) is 2.50. The molecule has 88 valence electrons. The highest BCUT2D eigenvalue weighted by Gasteiger charge is 2.16. The van der Waals surface area contributed by atoms with E-state index in [2.05, 4.69) is 34.1 Å². The van der Waals surface area contributed by atoms with Crippen molar-refractivity contribution >= 4 is 5.91 Å². The van der Waals surface area contributed by atoms with Crippen LogP contribution in [0.4, 0.5) is 0 Å². The molecule has 0 aromatic carbocycles. The van der Waals surface area contributed by atoms with Crippen LogP contribution in [0.1, 0.15) is 6.92 Å². The van der Waals surface area contributed by atoms with E-state index in [-0.39, 0.29) is 5.91 Å². The van der Waals surface area contributed by atoms with Gasteiger partial charge in [-0.3, -0.25) is 19.5 Å². The maximum absolute atomic E-state index is 10.7. The zero-order valence-electron chi connectivity index (χ0n) is 9.99. The molecule has 0 radical (unpaired) electrons. The molecule has 1 heterocycles. The van der Waals surface area contributed by atoms with Crippen LogP contribution < -0.4 is 5.32 Å². The summed E-state index contributed by atoms with van der Waals surface area (Å²) >= 11 is 0. The Balaban J connectivity index is 2.15. The first kappa shape index (κ1) is 12.4. The van der Waals surface area contributed by atoms with Crippen LogP contribution in [0.2, 0.25) is 0 Å². The second kappa shape index (κ2) is 6.05. The number of piperazine rings is 1. The summed E-state index contributed by atoms with van der Waals surface area (Å²) in [4.78, 5) is 17.6. The second-order valence-corrected chi connectivity index (χ2v) is 4.35. The van der Waals surface area contributed by atoms with Crippen LogP contribution in [0.15, 0.2) is 0 Å². The molecule has 1 amide bonds. The Kier molecular flexibility index (Phi) is 5.01. The van der Waals surface area contributed by atoms with Gasteiger partial charge in [0.25, 0.3) is 0 Å². The molecule has 1 aliphatic rings.